The van der Waals surface area contributed by atoms with Gasteiger partial charge in [-0.2, -0.15) is 9.61 Å². The Morgan fingerprint density at radius 1 is 1.54 bits per heavy atom. The Morgan fingerprint density at radius 2 is 2.38 bits per heavy atom. The zero-order valence-electron chi connectivity index (χ0n) is 7.57. The Hall–Kier alpha value is -1.58. The highest BCUT2D eigenvalue weighted by Gasteiger charge is 2.01. The number of hydrogen-bond donors (Lipinski definition) is 1. The van der Waals surface area contributed by atoms with Crippen LogP contribution in [0.15, 0.2) is 18.3 Å². The molecule has 4 heteroatoms. The quantitative estimate of drug-likeness (QED) is 0.749. The van der Waals surface area contributed by atoms with Gasteiger partial charge in [0.05, 0.1) is 6.20 Å². The Balaban J connectivity index is 2.56. The standard InChI is InChI=1S/C9H12N4/c1-2-3-7-6-8(10)13-9(12-7)4-5-11-13/h4-6H,2-3,10H2,1H3. The van der Waals surface area contributed by atoms with Crippen molar-refractivity contribution in [1.82, 2.24) is 14.6 Å². The Morgan fingerprint density at radius 3 is 3.15 bits per heavy atom. The first kappa shape index (κ1) is 8.04. The van der Waals surface area contributed by atoms with Gasteiger partial charge in [-0.05, 0) is 6.42 Å². The van der Waals surface area contributed by atoms with Crippen LogP contribution >= 0.6 is 0 Å². The third-order valence-corrected chi connectivity index (χ3v) is 1.95. The minimum Gasteiger partial charge on any atom is -0.384 e. The maximum Gasteiger partial charge on any atom is 0.157 e. The van der Waals surface area contributed by atoms with Crippen molar-refractivity contribution in [2.24, 2.45) is 0 Å². The van der Waals surface area contributed by atoms with E-state index in [1.54, 1.807) is 10.7 Å². The molecule has 0 aliphatic heterocycles. The Bertz CT molecular complexity index is 418. The lowest BCUT2D eigenvalue weighted by Crippen LogP contribution is -2.02. The molecule has 0 saturated carbocycles. The van der Waals surface area contributed by atoms with Crippen LogP contribution < -0.4 is 5.73 Å². The van der Waals surface area contributed by atoms with Gasteiger partial charge in [-0.15, -0.1) is 0 Å². The summed E-state index contributed by atoms with van der Waals surface area (Å²) in [4.78, 5) is 4.41. The molecule has 2 N–H and O–H groups in total. The van der Waals surface area contributed by atoms with E-state index in [2.05, 4.69) is 17.0 Å². The van der Waals surface area contributed by atoms with Crippen molar-refractivity contribution < 1.29 is 0 Å². The van der Waals surface area contributed by atoms with Crippen molar-refractivity contribution in [3.63, 3.8) is 0 Å². The zero-order chi connectivity index (χ0) is 9.26. The summed E-state index contributed by atoms with van der Waals surface area (Å²) < 4.78 is 1.64. The summed E-state index contributed by atoms with van der Waals surface area (Å²) in [6.45, 7) is 2.12. The zero-order valence-corrected chi connectivity index (χ0v) is 7.57. The molecule has 0 atom stereocenters. The second-order valence-corrected chi connectivity index (χ2v) is 3.02. The van der Waals surface area contributed by atoms with E-state index < -0.39 is 0 Å². The number of aromatic nitrogens is 3. The molecular formula is C9H12N4. The molecule has 0 fully saturated rings. The van der Waals surface area contributed by atoms with E-state index in [1.165, 1.54) is 0 Å². The number of fused-ring (bicyclic) bond motifs is 1. The summed E-state index contributed by atoms with van der Waals surface area (Å²) in [5, 5.41) is 4.05. The van der Waals surface area contributed by atoms with Crippen LogP contribution in [0, 0.1) is 0 Å². The fourth-order valence-electron chi connectivity index (χ4n) is 1.38. The minimum absolute atomic E-state index is 0.651. The van der Waals surface area contributed by atoms with Crippen molar-refractivity contribution in [2.45, 2.75) is 19.8 Å². The molecule has 68 valence electrons. The molecule has 0 aliphatic carbocycles. The first-order valence-corrected chi connectivity index (χ1v) is 4.40. The third kappa shape index (κ3) is 1.35. The summed E-state index contributed by atoms with van der Waals surface area (Å²) >= 11 is 0. The maximum atomic E-state index is 5.79. The molecule has 0 aliphatic rings. The average molecular weight is 176 g/mol. The van der Waals surface area contributed by atoms with Crippen LogP contribution in [0.3, 0.4) is 0 Å². The third-order valence-electron chi connectivity index (χ3n) is 1.95. The van der Waals surface area contributed by atoms with E-state index in [1.807, 2.05) is 12.1 Å². The summed E-state index contributed by atoms with van der Waals surface area (Å²) in [6.07, 6.45) is 3.75. The number of anilines is 1. The summed E-state index contributed by atoms with van der Waals surface area (Å²) in [6, 6.07) is 3.74. The van der Waals surface area contributed by atoms with Crippen molar-refractivity contribution in [3.05, 3.63) is 24.0 Å². The predicted molar refractivity (Wildman–Crippen MR) is 51.4 cm³/mol. The van der Waals surface area contributed by atoms with Gasteiger partial charge in [0.1, 0.15) is 5.82 Å². The van der Waals surface area contributed by atoms with Gasteiger partial charge in [-0.25, -0.2) is 4.98 Å². The van der Waals surface area contributed by atoms with Gasteiger partial charge in [0.2, 0.25) is 0 Å². The van der Waals surface area contributed by atoms with E-state index in [9.17, 15) is 0 Å². The summed E-state index contributed by atoms with van der Waals surface area (Å²) in [5.74, 6) is 0.651. The van der Waals surface area contributed by atoms with Gasteiger partial charge in [-0.1, -0.05) is 13.3 Å². The molecular weight excluding hydrogens is 164 g/mol. The van der Waals surface area contributed by atoms with Crippen molar-refractivity contribution in [3.8, 4) is 0 Å². The molecule has 0 bridgehead atoms. The normalized spacial score (nSPS) is 10.8. The van der Waals surface area contributed by atoms with E-state index in [-0.39, 0.29) is 0 Å². The van der Waals surface area contributed by atoms with E-state index in [0.29, 0.717) is 5.82 Å². The molecule has 0 amide bonds. The SMILES string of the molecule is CCCc1cc(N)n2nccc2n1. The second kappa shape index (κ2) is 3.05. The number of aryl methyl sites for hydroxylation is 1. The molecule has 0 spiro atoms. The molecule has 13 heavy (non-hydrogen) atoms. The van der Waals surface area contributed by atoms with E-state index >= 15 is 0 Å². The average Bonchev–Trinajstić information content (AvgIpc) is 2.53. The number of nitrogens with two attached hydrogens (primary N) is 1. The number of rotatable bonds is 2. The number of nitrogens with zero attached hydrogens (tertiary/aromatic N) is 3. The highest BCUT2D eigenvalue weighted by molar-refractivity contribution is 5.46. The second-order valence-electron chi connectivity index (χ2n) is 3.02. The van der Waals surface area contributed by atoms with Gasteiger partial charge >= 0.3 is 0 Å². The molecule has 2 aromatic rings. The first-order chi connectivity index (χ1) is 6.31. The molecule has 0 radical (unpaired) electrons. The van der Waals surface area contributed by atoms with Crippen LogP contribution in [-0.2, 0) is 6.42 Å². The molecule has 0 unspecified atom stereocenters. The molecule has 2 aromatic heterocycles. The van der Waals surface area contributed by atoms with Crippen LogP contribution in [0.1, 0.15) is 19.0 Å². The Kier molecular flexibility index (Phi) is 1.88. The van der Waals surface area contributed by atoms with Gasteiger partial charge in [-0.3, -0.25) is 0 Å². The topological polar surface area (TPSA) is 56.2 Å². The monoisotopic (exact) mass is 176 g/mol. The lowest BCUT2D eigenvalue weighted by atomic mass is 10.2. The fraction of sp³-hybridized carbons (Fsp3) is 0.333. The molecule has 0 saturated heterocycles. The minimum atomic E-state index is 0.651. The molecule has 0 aromatic carbocycles. The van der Waals surface area contributed by atoms with Gasteiger partial charge in [0.25, 0.3) is 0 Å². The van der Waals surface area contributed by atoms with Crippen LogP contribution in [-0.4, -0.2) is 14.6 Å². The van der Waals surface area contributed by atoms with Crippen LogP contribution in [0.5, 0.6) is 0 Å². The van der Waals surface area contributed by atoms with Crippen LogP contribution in [0.25, 0.3) is 5.65 Å². The van der Waals surface area contributed by atoms with E-state index in [4.69, 9.17) is 5.73 Å². The predicted octanol–water partition coefficient (Wildman–Crippen LogP) is 1.26. The van der Waals surface area contributed by atoms with Crippen molar-refractivity contribution >= 4 is 11.5 Å². The van der Waals surface area contributed by atoms with Gasteiger partial charge in [0.15, 0.2) is 5.65 Å². The van der Waals surface area contributed by atoms with Gasteiger partial charge in [0, 0.05) is 17.8 Å². The maximum absolute atomic E-state index is 5.79. The Labute approximate surface area is 76.4 Å². The number of nitrogen functional groups attached to an aromatic ring is 1. The first-order valence-electron chi connectivity index (χ1n) is 4.40. The van der Waals surface area contributed by atoms with Gasteiger partial charge < -0.3 is 5.73 Å². The van der Waals surface area contributed by atoms with Crippen LogP contribution in [0.2, 0.25) is 0 Å². The highest BCUT2D eigenvalue weighted by atomic mass is 15.3. The molecule has 4 nitrogen and oxygen atoms in total. The lowest BCUT2D eigenvalue weighted by molar-refractivity contribution is 0.863. The fourth-order valence-corrected chi connectivity index (χ4v) is 1.38. The highest BCUT2D eigenvalue weighted by Crippen LogP contribution is 2.09. The molecule has 2 rings (SSSR count). The molecule has 2 heterocycles. The number of hydrogen-bond acceptors (Lipinski definition) is 3. The summed E-state index contributed by atoms with van der Waals surface area (Å²) in [7, 11) is 0. The van der Waals surface area contributed by atoms with Crippen molar-refractivity contribution in [2.75, 3.05) is 5.73 Å². The van der Waals surface area contributed by atoms with Crippen molar-refractivity contribution in [1.29, 1.82) is 0 Å². The largest absolute Gasteiger partial charge is 0.384 e. The van der Waals surface area contributed by atoms with Crippen LogP contribution in [0.4, 0.5) is 5.82 Å². The smallest absolute Gasteiger partial charge is 0.157 e. The van der Waals surface area contributed by atoms with E-state index in [0.717, 1.165) is 24.2 Å². The lowest BCUT2D eigenvalue weighted by Gasteiger charge is -2.02. The summed E-state index contributed by atoms with van der Waals surface area (Å²) in [5.41, 5.74) is 7.65.